The Morgan fingerprint density at radius 2 is 2.03 bits per heavy atom. The minimum Gasteiger partial charge on any atom is -0.378 e. The number of pyridine rings is 2. The van der Waals surface area contributed by atoms with Gasteiger partial charge in [-0.05, 0) is 38.1 Å². The summed E-state index contributed by atoms with van der Waals surface area (Å²) in [6.07, 6.45) is 6.19. The van der Waals surface area contributed by atoms with Crippen LogP contribution in [0.25, 0.3) is 16.9 Å². The molecule has 3 aromatic heterocycles. The van der Waals surface area contributed by atoms with E-state index >= 15 is 0 Å². The van der Waals surface area contributed by atoms with Crippen molar-refractivity contribution in [2.24, 2.45) is 0 Å². The van der Waals surface area contributed by atoms with Crippen LogP contribution in [0.2, 0.25) is 0 Å². The standard InChI is InChI=1S/C21H22FN5O2/c1-26-15-7-14(8-16(26)12-29-11-15)25-21(28)18-10-27(19-4-2-3-5-23-19)20-17(18)6-13(22)9-24-20/h2-6,9-10,14-16H,7-8,11-12H2,1H3,(H,25,28)/t14?,15-,16+. The average Bonchev–Trinajstić information content (AvgIpc) is 3.08. The second-order valence-corrected chi connectivity index (χ2v) is 7.78. The van der Waals surface area contributed by atoms with Gasteiger partial charge in [-0.3, -0.25) is 14.3 Å². The third-order valence-corrected chi connectivity index (χ3v) is 5.97. The van der Waals surface area contributed by atoms with Crippen molar-refractivity contribution in [3.8, 4) is 5.82 Å². The second kappa shape index (κ2) is 7.20. The molecule has 2 saturated heterocycles. The van der Waals surface area contributed by atoms with Crippen LogP contribution in [0.4, 0.5) is 4.39 Å². The summed E-state index contributed by atoms with van der Waals surface area (Å²) >= 11 is 0. The number of carbonyl (C=O) groups is 1. The third kappa shape index (κ3) is 3.28. The fourth-order valence-electron chi connectivity index (χ4n) is 4.41. The zero-order chi connectivity index (χ0) is 20.0. The predicted octanol–water partition coefficient (Wildman–Crippen LogP) is 2.15. The molecule has 2 bridgehead atoms. The molecule has 2 aliphatic rings. The van der Waals surface area contributed by atoms with Gasteiger partial charge in [0.05, 0.1) is 25.0 Å². The Kier molecular flexibility index (Phi) is 4.52. The van der Waals surface area contributed by atoms with Gasteiger partial charge in [0.25, 0.3) is 5.91 Å². The zero-order valence-electron chi connectivity index (χ0n) is 16.1. The number of nitrogens with zero attached hydrogens (tertiary/aromatic N) is 4. The lowest BCUT2D eigenvalue weighted by atomic mass is 9.90. The highest BCUT2D eigenvalue weighted by Gasteiger charge is 2.37. The maximum absolute atomic E-state index is 13.9. The van der Waals surface area contributed by atoms with Gasteiger partial charge in [0.1, 0.15) is 17.3 Å². The van der Waals surface area contributed by atoms with Crippen LogP contribution in [0.5, 0.6) is 0 Å². The zero-order valence-corrected chi connectivity index (χ0v) is 16.1. The molecule has 1 N–H and O–H groups in total. The molecule has 150 valence electrons. The van der Waals surface area contributed by atoms with E-state index in [1.54, 1.807) is 17.0 Å². The monoisotopic (exact) mass is 395 g/mol. The van der Waals surface area contributed by atoms with Gasteiger partial charge in [0.15, 0.2) is 0 Å². The topological polar surface area (TPSA) is 72.3 Å². The molecular weight excluding hydrogens is 373 g/mol. The van der Waals surface area contributed by atoms with E-state index in [1.165, 1.54) is 6.07 Å². The van der Waals surface area contributed by atoms with Crippen molar-refractivity contribution < 1.29 is 13.9 Å². The Morgan fingerprint density at radius 3 is 2.76 bits per heavy atom. The lowest BCUT2D eigenvalue weighted by Gasteiger charge is -2.46. The van der Waals surface area contributed by atoms with E-state index in [0.717, 1.165) is 19.0 Å². The highest BCUT2D eigenvalue weighted by Crippen LogP contribution is 2.28. The predicted molar refractivity (Wildman–Crippen MR) is 105 cm³/mol. The maximum Gasteiger partial charge on any atom is 0.253 e. The molecule has 3 aromatic rings. The summed E-state index contributed by atoms with van der Waals surface area (Å²) in [6.45, 7) is 1.38. The summed E-state index contributed by atoms with van der Waals surface area (Å²) in [4.78, 5) is 24.0. The maximum atomic E-state index is 13.9. The number of morpholine rings is 1. The van der Waals surface area contributed by atoms with Crippen LogP contribution in [-0.4, -0.2) is 63.7 Å². The molecule has 8 heteroatoms. The van der Waals surface area contributed by atoms with E-state index in [4.69, 9.17) is 4.74 Å². The van der Waals surface area contributed by atoms with Crippen molar-refractivity contribution in [2.45, 2.75) is 31.0 Å². The van der Waals surface area contributed by atoms with Gasteiger partial charge in [0, 0.05) is 35.9 Å². The number of carbonyl (C=O) groups excluding carboxylic acids is 1. The molecule has 0 spiro atoms. The average molecular weight is 395 g/mol. The largest absolute Gasteiger partial charge is 0.378 e. The molecule has 2 aliphatic heterocycles. The number of fused-ring (bicyclic) bond motifs is 3. The molecule has 5 heterocycles. The SMILES string of the molecule is CN1[C@@H]2COC[C@H]1CC(NC(=O)c1cn(-c3ccccn3)c3ncc(F)cc13)C2. The number of hydrogen-bond donors (Lipinski definition) is 1. The quantitative estimate of drug-likeness (QED) is 0.736. The van der Waals surface area contributed by atoms with E-state index < -0.39 is 5.82 Å². The molecule has 1 unspecified atom stereocenters. The number of rotatable bonds is 3. The van der Waals surface area contributed by atoms with Crippen LogP contribution in [-0.2, 0) is 4.74 Å². The van der Waals surface area contributed by atoms with E-state index in [-0.39, 0.29) is 11.9 Å². The Morgan fingerprint density at radius 1 is 1.24 bits per heavy atom. The van der Waals surface area contributed by atoms with Gasteiger partial charge in [-0.1, -0.05) is 6.07 Å². The van der Waals surface area contributed by atoms with E-state index in [9.17, 15) is 9.18 Å². The molecule has 29 heavy (non-hydrogen) atoms. The fraction of sp³-hybridized carbons (Fsp3) is 0.381. The summed E-state index contributed by atoms with van der Waals surface area (Å²) < 4.78 is 21.3. The minimum atomic E-state index is -0.476. The first-order valence-corrected chi connectivity index (χ1v) is 9.78. The van der Waals surface area contributed by atoms with Crippen molar-refractivity contribution in [1.82, 2.24) is 24.8 Å². The van der Waals surface area contributed by atoms with Gasteiger partial charge >= 0.3 is 0 Å². The molecule has 5 rings (SSSR count). The summed E-state index contributed by atoms with van der Waals surface area (Å²) in [5.74, 6) is -0.0662. The lowest BCUT2D eigenvalue weighted by molar-refractivity contribution is -0.0670. The molecular formula is C21H22FN5O2. The normalized spacial score (nSPS) is 24.6. The number of halogens is 1. The number of ether oxygens (including phenoxy) is 1. The van der Waals surface area contributed by atoms with Gasteiger partial charge in [-0.2, -0.15) is 0 Å². The Labute approximate surface area is 167 Å². The van der Waals surface area contributed by atoms with E-state index in [1.807, 2.05) is 18.2 Å². The van der Waals surface area contributed by atoms with Crippen molar-refractivity contribution in [3.63, 3.8) is 0 Å². The van der Waals surface area contributed by atoms with E-state index in [0.29, 0.717) is 47.7 Å². The minimum absolute atomic E-state index is 0.0624. The van der Waals surface area contributed by atoms with Crippen LogP contribution in [0, 0.1) is 5.82 Å². The number of amides is 1. The number of piperidine rings is 1. The lowest BCUT2D eigenvalue weighted by Crippen LogP contribution is -2.59. The Balaban J connectivity index is 1.47. The highest BCUT2D eigenvalue weighted by atomic mass is 19.1. The van der Waals surface area contributed by atoms with Crippen molar-refractivity contribution in [2.75, 3.05) is 20.3 Å². The molecule has 0 aliphatic carbocycles. The van der Waals surface area contributed by atoms with Crippen LogP contribution in [0.1, 0.15) is 23.2 Å². The van der Waals surface area contributed by atoms with Gasteiger partial charge in [0.2, 0.25) is 0 Å². The summed E-state index contributed by atoms with van der Waals surface area (Å²) in [5.41, 5.74) is 0.905. The molecule has 3 atom stereocenters. The molecule has 2 fully saturated rings. The van der Waals surface area contributed by atoms with Crippen molar-refractivity contribution in [1.29, 1.82) is 0 Å². The Hall–Kier alpha value is -2.84. The van der Waals surface area contributed by atoms with Crippen LogP contribution >= 0.6 is 0 Å². The van der Waals surface area contributed by atoms with Crippen LogP contribution in [0.3, 0.4) is 0 Å². The number of aromatic nitrogens is 3. The summed E-state index contributed by atoms with van der Waals surface area (Å²) in [7, 11) is 2.12. The van der Waals surface area contributed by atoms with Gasteiger partial charge in [-0.15, -0.1) is 0 Å². The van der Waals surface area contributed by atoms with Gasteiger partial charge in [-0.25, -0.2) is 14.4 Å². The van der Waals surface area contributed by atoms with Crippen molar-refractivity contribution in [3.05, 3.63) is 54.2 Å². The van der Waals surface area contributed by atoms with Crippen molar-refractivity contribution >= 4 is 16.9 Å². The molecule has 0 saturated carbocycles. The van der Waals surface area contributed by atoms with Gasteiger partial charge < -0.3 is 10.1 Å². The van der Waals surface area contributed by atoms with Crippen LogP contribution in [0.15, 0.2) is 42.9 Å². The molecule has 0 radical (unpaired) electrons. The third-order valence-electron chi connectivity index (χ3n) is 5.97. The smallest absolute Gasteiger partial charge is 0.253 e. The first-order valence-electron chi connectivity index (χ1n) is 9.78. The summed E-state index contributed by atoms with van der Waals surface area (Å²) in [6, 6.07) is 7.53. The molecule has 0 aromatic carbocycles. The highest BCUT2D eigenvalue weighted by molar-refractivity contribution is 6.06. The second-order valence-electron chi connectivity index (χ2n) is 7.78. The number of hydrogen-bond acceptors (Lipinski definition) is 5. The summed E-state index contributed by atoms with van der Waals surface area (Å²) in [5, 5.41) is 3.63. The molecule has 7 nitrogen and oxygen atoms in total. The number of likely N-dealkylation sites (N-methyl/N-ethyl adjacent to an activating group) is 1. The number of nitrogens with one attached hydrogen (secondary N) is 1. The Bertz CT molecular complexity index is 1040. The van der Waals surface area contributed by atoms with Crippen LogP contribution < -0.4 is 5.32 Å². The molecule has 1 amide bonds. The fourth-order valence-corrected chi connectivity index (χ4v) is 4.41. The first-order chi connectivity index (χ1) is 14.1. The first kappa shape index (κ1) is 18.2. The van der Waals surface area contributed by atoms with E-state index in [2.05, 4.69) is 27.2 Å².